The molecule has 2 heterocycles. The van der Waals surface area contributed by atoms with Gasteiger partial charge in [0.2, 0.25) is 5.91 Å². The Morgan fingerprint density at radius 1 is 1.07 bits per heavy atom. The number of fused-ring (bicyclic) bond motifs is 1. The van der Waals surface area contributed by atoms with Gasteiger partial charge >= 0.3 is 0 Å². The van der Waals surface area contributed by atoms with E-state index in [1.165, 1.54) is 11.8 Å². The van der Waals surface area contributed by atoms with Crippen LogP contribution >= 0.6 is 11.8 Å². The van der Waals surface area contributed by atoms with Crippen molar-refractivity contribution >= 4 is 34.3 Å². The number of pyridine rings is 1. The van der Waals surface area contributed by atoms with Gasteiger partial charge in [0, 0.05) is 29.7 Å². The number of carbonyl (C=O) groups is 1. The lowest BCUT2D eigenvalue weighted by molar-refractivity contribution is -0.115. The Hall–Kier alpha value is -3.32. The van der Waals surface area contributed by atoms with E-state index in [0.717, 1.165) is 33.2 Å². The third kappa shape index (κ3) is 4.09. The molecule has 0 fully saturated rings. The number of hydrogen-bond donors (Lipinski definition) is 1. The lowest BCUT2D eigenvalue weighted by Gasteiger charge is -2.14. The number of nitrogens with one attached hydrogen (secondary N) is 1. The molecule has 0 aliphatic rings. The molecular weight excluding hydrogens is 384 g/mol. The number of carbonyl (C=O) groups excluding carboxylic acids is 1. The van der Waals surface area contributed by atoms with Gasteiger partial charge in [-0.2, -0.15) is 0 Å². The van der Waals surface area contributed by atoms with Crippen LogP contribution in [0.5, 0.6) is 5.75 Å². The van der Waals surface area contributed by atoms with E-state index in [-0.39, 0.29) is 11.2 Å². The summed E-state index contributed by atoms with van der Waals surface area (Å²) in [6.07, 6.45) is 5.35. The molecular formula is C22H20N4O2S. The summed E-state index contributed by atoms with van der Waals surface area (Å²) >= 11 is 1.41. The Bertz CT molecular complexity index is 1140. The molecule has 146 valence electrons. The van der Waals surface area contributed by atoms with E-state index in [2.05, 4.69) is 15.3 Å². The third-order valence-corrected chi connectivity index (χ3v) is 5.59. The highest BCUT2D eigenvalue weighted by atomic mass is 32.2. The van der Waals surface area contributed by atoms with Crippen LogP contribution in [0.2, 0.25) is 0 Å². The summed E-state index contributed by atoms with van der Waals surface area (Å²) in [6, 6.07) is 17.2. The lowest BCUT2D eigenvalue weighted by Crippen LogP contribution is -2.23. The summed E-state index contributed by atoms with van der Waals surface area (Å²) in [6.45, 7) is 1.87. The molecule has 0 aliphatic carbocycles. The number of imidazole rings is 1. The minimum absolute atomic E-state index is 0.0874. The summed E-state index contributed by atoms with van der Waals surface area (Å²) < 4.78 is 7.17. The molecule has 6 nitrogen and oxygen atoms in total. The number of methoxy groups -OCH3 is 1. The third-order valence-electron chi connectivity index (χ3n) is 4.51. The van der Waals surface area contributed by atoms with E-state index in [9.17, 15) is 4.79 Å². The molecule has 4 aromatic rings. The fourth-order valence-corrected chi connectivity index (χ4v) is 3.86. The molecule has 0 aliphatic heterocycles. The number of rotatable bonds is 6. The molecule has 0 spiro atoms. The molecule has 1 unspecified atom stereocenters. The van der Waals surface area contributed by atoms with Crippen LogP contribution in [-0.2, 0) is 4.79 Å². The average Bonchev–Trinajstić information content (AvgIpc) is 3.22. The number of amides is 1. The Kier molecular flexibility index (Phi) is 5.48. The molecule has 1 amide bonds. The topological polar surface area (TPSA) is 69.0 Å². The first-order valence-electron chi connectivity index (χ1n) is 9.15. The summed E-state index contributed by atoms with van der Waals surface area (Å²) in [4.78, 5) is 21.6. The summed E-state index contributed by atoms with van der Waals surface area (Å²) in [5, 5.41) is 4.35. The van der Waals surface area contributed by atoms with Gasteiger partial charge in [0.05, 0.1) is 23.6 Å². The molecule has 4 rings (SSSR count). The zero-order valence-electron chi connectivity index (χ0n) is 16.1. The van der Waals surface area contributed by atoms with E-state index in [4.69, 9.17) is 4.74 Å². The van der Waals surface area contributed by atoms with Gasteiger partial charge in [0.15, 0.2) is 5.16 Å². The first-order valence-corrected chi connectivity index (χ1v) is 10.0. The normalized spacial score (nSPS) is 11.9. The number of ether oxygens (including phenoxy) is 1. The van der Waals surface area contributed by atoms with Crippen molar-refractivity contribution in [2.75, 3.05) is 12.4 Å². The van der Waals surface area contributed by atoms with Crippen LogP contribution < -0.4 is 10.1 Å². The highest BCUT2D eigenvalue weighted by Gasteiger charge is 2.19. The molecule has 7 heteroatoms. The highest BCUT2D eigenvalue weighted by molar-refractivity contribution is 8.00. The monoisotopic (exact) mass is 404 g/mol. The molecule has 2 aromatic carbocycles. The van der Waals surface area contributed by atoms with E-state index in [1.807, 2.05) is 72.3 Å². The minimum Gasteiger partial charge on any atom is -0.497 e. The predicted molar refractivity (Wildman–Crippen MR) is 116 cm³/mol. The maximum atomic E-state index is 12.8. The molecule has 0 saturated heterocycles. The van der Waals surface area contributed by atoms with E-state index in [0.29, 0.717) is 0 Å². The van der Waals surface area contributed by atoms with E-state index < -0.39 is 0 Å². The van der Waals surface area contributed by atoms with Gasteiger partial charge in [-0.15, -0.1) is 0 Å². The summed E-state index contributed by atoms with van der Waals surface area (Å²) in [5.41, 5.74) is 2.56. The van der Waals surface area contributed by atoms with Crippen LogP contribution in [0.15, 0.2) is 78.3 Å². The largest absolute Gasteiger partial charge is 0.497 e. The smallest absolute Gasteiger partial charge is 0.237 e. The van der Waals surface area contributed by atoms with Gasteiger partial charge in [-0.3, -0.25) is 14.3 Å². The number of anilines is 1. The van der Waals surface area contributed by atoms with E-state index >= 15 is 0 Å². The zero-order valence-corrected chi connectivity index (χ0v) is 16.9. The number of hydrogen-bond acceptors (Lipinski definition) is 5. The quantitative estimate of drug-likeness (QED) is 0.478. The zero-order chi connectivity index (χ0) is 20.2. The second-order valence-electron chi connectivity index (χ2n) is 6.40. The van der Waals surface area contributed by atoms with Crippen LogP contribution in [0, 0.1) is 0 Å². The van der Waals surface area contributed by atoms with Gasteiger partial charge in [-0.05, 0) is 55.5 Å². The summed E-state index contributed by atoms with van der Waals surface area (Å²) in [5.74, 6) is 0.705. The lowest BCUT2D eigenvalue weighted by atomic mass is 10.2. The van der Waals surface area contributed by atoms with Gasteiger partial charge in [-0.25, -0.2) is 4.98 Å². The number of thioether (sulfide) groups is 1. The molecule has 29 heavy (non-hydrogen) atoms. The van der Waals surface area contributed by atoms with Crippen LogP contribution in [0.4, 0.5) is 5.69 Å². The van der Waals surface area contributed by atoms with Crippen molar-refractivity contribution in [3.63, 3.8) is 0 Å². The maximum Gasteiger partial charge on any atom is 0.237 e. The number of nitrogens with zero attached hydrogens (tertiary/aromatic N) is 3. The van der Waals surface area contributed by atoms with Crippen LogP contribution in [-0.4, -0.2) is 32.8 Å². The summed E-state index contributed by atoms with van der Waals surface area (Å²) in [7, 11) is 1.64. The standard InChI is InChI=1S/C22H20N4O2S/c1-15(21(27)25-20-7-3-6-19-18(20)5-4-12-23-19)29-22-24-13-14-26(22)16-8-10-17(28-2)11-9-16/h3-15H,1-2H3,(H,25,27). The van der Waals surface area contributed by atoms with Crippen LogP contribution in [0.1, 0.15) is 6.92 Å². The van der Waals surface area contributed by atoms with Crippen molar-refractivity contribution in [1.29, 1.82) is 0 Å². The Morgan fingerprint density at radius 3 is 2.69 bits per heavy atom. The van der Waals surface area contributed by atoms with Crippen LogP contribution in [0.3, 0.4) is 0 Å². The molecule has 0 bridgehead atoms. The van der Waals surface area contributed by atoms with Crippen molar-refractivity contribution in [3.05, 3.63) is 73.2 Å². The van der Waals surface area contributed by atoms with Crippen molar-refractivity contribution in [1.82, 2.24) is 14.5 Å². The van der Waals surface area contributed by atoms with Crippen molar-refractivity contribution in [3.8, 4) is 11.4 Å². The second kappa shape index (κ2) is 8.36. The second-order valence-corrected chi connectivity index (χ2v) is 7.71. The molecule has 0 radical (unpaired) electrons. The van der Waals surface area contributed by atoms with Gasteiger partial charge in [0.1, 0.15) is 5.75 Å². The van der Waals surface area contributed by atoms with Crippen LogP contribution in [0.25, 0.3) is 16.6 Å². The van der Waals surface area contributed by atoms with Gasteiger partial charge in [-0.1, -0.05) is 17.8 Å². The molecule has 2 aromatic heterocycles. The van der Waals surface area contributed by atoms with Crippen molar-refractivity contribution in [2.24, 2.45) is 0 Å². The first-order chi connectivity index (χ1) is 14.2. The van der Waals surface area contributed by atoms with Crippen molar-refractivity contribution < 1.29 is 9.53 Å². The fraction of sp³-hybridized carbons (Fsp3) is 0.136. The molecule has 0 saturated carbocycles. The van der Waals surface area contributed by atoms with Gasteiger partial charge in [0.25, 0.3) is 0 Å². The predicted octanol–water partition coefficient (Wildman–Crippen LogP) is 4.55. The SMILES string of the molecule is COc1ccc(-n2ccnc2SC(C)C(=O)Nc2cccc3ncccc23)cc1. The minimum atomic E-state index is -0.332. The average molecular weight is 404 g/mol. The highest BCUT2D eigenvalue weighted by Crippen LogP contribution is 2.27. The number of benzene rings is 2. The van der Waals surface area contributed by atoms with Gasteiger partial charge < -0.3 is 10.1 Å². The number of aromatic nitrogens is 3. The molecule has 1 atom stereocenters. The van der Waals surface area contributed by atoms with E-state index in [1.54, 1.807) is 19.5 Å². The Morgan fingerprint density at radius 2 is 1.90 bits per heavy atom. The maximum absolute atomic E-state index is 12.8. The Labute approximate surface area is 172 Å². The Balaban J connectivity index is 1.50. The van der Waals surface area contributed by atoms with Crippen molar-refractivity contribution in [2.45, 2.75) is 17.3 Å². The first kappa shape index (κ1) is 19.0. The molecule has 1 N–H and O–H groups in total. The fourth-order valence-electron chi connectivity index (χ4n) is 2.97.